The molecule has 0 aliphatic carbocycles. The molecule has 1 aromatic carbocycles. The smallest absolute Gasteiger partial charge is 0.159 e. The number of nitrogens with zero attached hydrogens (tertiary/aromatic N) is 1. The van der Waals surface area contributed by atoms with Crippen LogP contribution >= 0.6 is 0 Å². The van der Waals surface area contributed by atoms with Crippen LogP contribution in [0, 0.1) is 17.6 Å². The quantitative estimate of drug-likeness (QED) is 0.823. The Balaban J connectivity index is 2.60. The fourth-order valence-electron chi connectivity index (χ4n) is 2.23. The van der Waals surface area contributed by atoms with Gasteiger partial charge in [0.25, 0.3) is 0 Å². The second kappa shape index (κ2) is 7.70. The third-order valence-corrected chi connectivity index (χ3v) is 3.58. The molecular formula is C16H26F2N2. The van der Waals surface area contributed by atoms with Gasteiger partial charge in [-0.3, -0.25) is 0 Å². The summed E-state index contributed by atoms with van der Waals surface area (Å²) in [4.78, 5) is 2.20. The lowest BCUT2D eigenvalue weighted by molar-refractivity contribution is 0.242. The van der Waals surface area contributed by atoms with Crippen LogP contribution in [0.25, 0.3) is 0 Å². The van der Waals surface area contributed by atoms with E-state index in [0.29, 0.717) is 12.0 Å². The average Bonchev–Trinajstić information content (AvgIpc) is 2.36. The normalized spacial score (nSPS) is 14.8. The Hall–Kier alpha value is -1.00. The van der Waals surface area contributed by atoms with Crippen molar-refractivity contribution in [2.75, 3.05) is 20.6 Å². The van der Waals surface area contributed by atoms with Crippen LogP contribution in [-0.2, 0) is 0 Å². The van der Waals surface area contributed by atoms with Crippen molar-refractivity contribution in [2.45, 2.75) is 39.3 Å². The van der Waals surface area contributed by atoms with E-state index in [4.69, 9.17) is 0 Å². The lowest BCUT2D eigenvalue weighted by Crippen LogP contribution is -2.39. The summed E-state index contributed by atoms with van der Waals surface area (Å²) in [7, 11) is 4.13. The maximum atomic E-state index is 13.2. The minimum Gasteiger partial charge on any atom is -0.309 e. The molecule has 114 valence electrons. The summed E-state index contributed by atoms with van der Waals surface area (Å²) in [6.45, 7) is 7.20. The summed E-state index contributed by atoms with van der Waals surface area (Å²) in [6, 6.07) is 4.51. The number of likely N-dealkylation sites (N-methyl/N-ethyl adjacent to an activating group) is 1. The molecule has 20 heavy (non-hydrogen) atoms. The molecule has 2 atom stereocenters. The second-order valence-corrected chi connectivity index (χ2v) is 6.05. The third-order valence-electron chi connectivity index (χ3n) is 3.58. The van der Waals surface area contributed by atoms with Crippen LogP contribution in [0.3, 0.4) is 0 Å². The van der Waals surface area contributed by atoms with Crippen LogP contribution in [0.4, 0.5) is 8.78 Å². The molecule has 2 unspecified atom stereocenters. The van der Waals surface area contributed by atoms with Gasteiger partial charge in [0.1, 0.15) is 0 Å². The highest BCUT2D eigenvalue weighted by Gasteiger charge is 2.15. The number of halogens is 2. The first kappa shape index (κ1) is 17.1. The minimum atomic E-state index is -0.799. The number of hydrogen-bond donors (Lipinski definition) is 1. The van der Waals surface area contributed by atoms with Crippen LogP contribution < -0.4 is 5.32 Å². The fraction of sp³-hybridized carbons (Fsp3) is 0.625. The lowest BCUT2D eigenvalue weighted by Gasteiger charge is -2.28. The molecule has 0 heterocycles. The molecule has 1 N–H and O–H groups in total. The Bertz CT molecular complexity index is 419. The van der Waals surface area contributed by atoms with E-state index >= 15 is 0 Å². The molecule has 1 aromatic rings. The highest BCUT2D eigenvalue weighted by atomic mass is 19.2. The summed E-state index contributed by atoms with van der Waals surface area (Å²) in [5.74, 6) is -0.961. The van der Waals surface area contributed by atoms with Gasteiger partial charge in [-0.25, -0.2) is 8.78 Å². The van der Waals surface area contributed by atoms with E-state index in [1.165, 1.54) is 12.1 Å². The number of benzene rings is 1. The van der Waals surface area contributed by atoms with E-state index in [9.17, 15) is 8.78 Å². The van der Waals surface area contributed by atoms with Crippen LogP contribution in [-0.4, -0.2) is 31.6 Å². The van der Waals surface area contributed by atoms with Gasteiger partial charge < -0.3 is 10.2 Å². The zero-order chi connectivity index (χ0) is 15.3. The SMILES string of the molecule is CC(C)CC(CNC(C)c1ccc(F)c(F)c1)N(C)C. The molecule has 4 heteroatoms. The zero-order valence-electron chi connectivity index (χ0n) is 13.1. The van der Waals surface area contributed by atoms with Crippen molar-refractivity contribution >= 4 is 0 Å². The molecule has 0 aliphatic rings. The summed E-state index contributed by atoms with van der Waals surface area (Å²) >= 11 is 0. The van der Waals surface area contributed by atoms with Crippen molar-refractivity contribution in [1.82, 2.24) is 10.2 Å². The van der Waals surface area contributed by atoms with Crippen molar-refractivity contribution in [3.63, 3.8) is 0 Å². The lowest BCUT2D eigenvalue weighted by atomic mass is 10.0. The van der Waals surface area contributed by atoms with Gasteiger partial charge in [-0.05, 0) is 51.1 Å². The van der Waals surface area contributed by atoms with Crippen LogP contribution in [0.5, 0.6) is 0 Å². The predicted octanol–water partition coefficient (Wildman–Crippen LogP) is 3.59. The van der Waals surface area contributed by atoms with E-state index in [2.05, 4.69) is 38.2 Å². The molecule has 0 saturated heterocycles. The van der Waals surface area contributed by atoms with Crippen LogP contribution in [0.15, 0.2) is 18.2 Å². The maximum Gasteiger partial charge on any atom is 0.159 e. The second-order valence-electron chi connectivity index (χ2n) is 6.05. The van der Waals surface area contributed by atoms with Gasteiger partial charge in [0, 0.05) is 18.6 Å². The minimum absolute atomic E-state index is 0.000266. The standard InChI is InChI=1S/C16H26F2N2/c1-11(2)8-14(20(4)5)10-19-12(3)13-6-7-15(17)16(18)9-13/h6-7,9,11-12,14,19H,8,10H2,1-5H3. The number of nitrogens with one attached hydrogen (secondary N) is 1. The number of hydrogen-bond acceptors (Lipinski definition) is 2. The summed E-state index contributed by atoms with van der Waals surface area (Å²) in [6.07, 6.45) is 1.10. The zero-order valence-corrected chi connectivity index (χ0v) is 13.1. The Labute approximate surface area is 121 Å². The van der Waals surface area contributed by atoms with Crippen LogP contribution in [0.2, 0.25) is 0 Å². The first-order valence-corrected chi connectivity index (χ1v) is 7.16. The Morgan fingerprint density at radius 2 is 1.75 bits per heavy atom. The highest BCUT2D eigenvalue weighted by Crippen LogP contribution is 2.17. The van der Waals surface area contributed by atoms with Crippen molar-refractivity contribution < 1.29 is 8.78 Å². The van der Waals surface area contributed by atoms with Crippen LogP contribution in [0.1, 0.15) is 38.8 Å². The van der Waals surface area contributed by atoms with Gasteiger partial charge in [-0.1, -0.05) is 19.9 Å². The highest BCUT2D eigenvalue weighted by molar-refractivity contribution is 5.20. The molecular weight excluding hydrogens is 258 g/mol. The molecule has 0 bridgehead atoms. The van der Waals surface area contributed by atoms with Crippen molar-refractivity contribution in [1.29, 1.82) is 0 Å². The van der Waals surface area contributed by atoms with Gasteiger partial charge in [-0.15, -0.1) is 0 Å². The van der Waals surface area contributed by atoms with Crippen molar-refractivity contribution in [3.8, 4) is 0 Å². The molecule has 0 spiro atoms. The molecule has 0 aromatic heterocycles. The van der Waals surface area contributed by atoms with Gasteiger partial charge >= 0.3 is 0 Å². The topological polar surface area (TPSA) is 15.3 Å². The molecule has 0 fully saturated rings. The monoisotopic (exact) mass is 284 g/mol. The summed E-state index contributed by atoms with van der Waals surface area (Å²) in [5.41, 5.74) is 0.769. The fourth-order valence-corrected chi connectivity index (χ4v) is 2.23. The number of rotatable bonds is 7. The molecule has 0 radical (unpaired) electrons. The molecule has 0 saturated carbocycles. The van der Waals surface area contributed by atoms with E-state index in [1.807, 2.05) is 6.92 Å². The molecule has 0 aliphatic heterocycles. The van der Waals surface area contributed by atoms with E-state index < -0.39 is 11.6 Å². The van der Waals surface area contributed by atoms with Gasteiger partial charge in [0.05, 0.1) is 0 Å². The first-order chi connectivity index (χ1) is 9.31. The predicted molar refractivity (Wildman–Crippen MR) is 79.7 cm³/mol. The van der Waals surface area contributed by atoms with E-state index in [-0.39, 0.29) is 6.04 Å². The summed E-state index contributed by atoms with van der Waals surface area (Å²) in [5, 5.41) is 3.40. The maximum absolute atomic E-state index is 13.2. The molecule has 2 nitrogen and oxygen atoms in total. The largest absolute Gasteiger partial charge is 0.309 e. The molecule has 0 amide bonds. The Morgan fingerprint density at radius 3 is 2.25 bits per heavy atom. The van der Waals surface area contributed by atoms with Gasteiger partial charge in [0.15, 0.2) is 11.6 Å². The Morgan fingerprint density at radius 1 is 1.10 bits per heavy atom. The first-order valence-electron chi connectivity index (χ1n) is 7.16. The average molecular weight is 284 g/mol. The van der Waals surface area contributed by atoms with Gasteiger partial charge in [-0.2, -0.15) is 0 Å². The van der Waals surface area contributed by atoms with Crippen molar-refractivity contribution in [2.24, 2.45) is 5.92 Å². The van der Waals surface area contributed by atoms with E-state index in [0.717, 1.165) is 18.5 Å². The van der Waals surface area contributed by atoms with E-state index in [1.54, 1.807) is 6.07 Å². The Kier molecular flexibility index (Phi) is 6.56. The summed E-state index contributed by atoms with van der Waals surface area (Å²) < 4.78 is 26.2. The van der Waals surface area contributed by atoms with Crippen molar-refractivity contribution in [3.05, 3.63) is 35.4 Å². The third kappa shape index (κ3) is 5.17. The van der Waals surface area contributed by atoms with Gasteiger partial charge in [0.2, 0.25) is 0 Å². The molecule has 1 rings (SSSR count).